The van der Waals surface area contributed by atoms with Crippen LogP contribution in [0.4, 0.5) is 0 Å². The van der Waals surface area contributed by atoms with Crippen LogP contribution in [0.2, 0.25) is 0 Å². The molecule has 0 aliphatic rings. The zero-order valence-electron chi connectivity index (χ0n) is 12.9. The normalized spacial score (nSPS) is 11.3. The summed E-state index contributed by atoms with van der Waals surface area (Å²) >= 11 is 0. The van der Waals surface area contributed by atoms with Crippen molar-refractivity contribution in [2.45, 2.75) is 53.6 Å². The van der Waals surface area contributed by atoms with Crippen molar-refractivity contribution < 1.29 is 0 Å². The summed E-state index contributed by atoms with van der Waals surface area (Å²) < 4.78 is 1.83. The van der Waals surface area contributed by atoms with Gasteiger partial charge in [0.05, 0.1) is 5.69 Å². The van der Waals surface area contributed by atoms with Crippen molar-refractivity contribution in [3.05, 3.63) is 34.9 Å². The van der Waals surface area contributed by atoms with E-state index in [0.29, 0.717) is 12.0 Å². The van der Waals surface area contributed by atoms with Gasteiger partial charge in [-0.15, -0.1) is 0 Å². The van der Waals surface area contributed by atoms with Crippen LogP contribution in [0.3, 0.4) is 0 Å². The summed E-state index contributed by atoms with van der Waals surface area (Å²) in [6.45, 7) is 11.3. The predicted molar refractivity (Wildman–Crippen MR) is 80.0 cm³/mol. The Balaban J connectivity index is 2.22. The summed E-state index contributed by atoms with van der Waals surface area (Å²) in [6, 6.07) is 0.456. The molecule has 2 rings (SSSR count). The second-order valence-corrected chi connectivity index (χ2v) is 5.34. The van der Waals surface area contributed by atoms with E-state index in [4.69, 9.17) is 0 Å². The number of hydrogen-bond donors (Lipinski definition) is 1. The lowest BCUT2D eigenvalue weighted by Crippen LogP contribution is -2.22. The molecule has 108 valence electrons. The minimum atomic E-state index is 0.456. The van der Waals surface area contributed by atoms with Crippen LogP contribution in [0.25, 0.3) is 5.95 Å². The van der Waals surface area contributed by atoms with Gasteiger partial charge in [-0.1, -0.05) is 20.8 Å². The van der Waals surface area contributed by atoms with Crippen molar-refractivity contribution in [3.63, 3.8) is 0 Å². The van der Waals surface area contributed by atoms with Gasteiger partial charge in [-0.25, -0.2) is 14.6 Å². The Hall–Kier alpha value is -1.75. The van der Waals surface area contributed by atoms with E-state index in [9.17, 15) is 0 Å². The molecular formula is C15H23N5. The molecule has 0 amide bonds. The molecule has 2 heterocycles. The lowest BCUT2D eigenvalue weighted by atomic mass is 10.1. The van der Waals surface area contributed by atoms with Gasteiger partial charge < -0.3 is 5.32 Å². The molecule has 2 aromatic rings. The fraction of sp³-hybridized carbons (Fsp3) is 0.533. The number of nitrogens with zero attached hydrogens (tertiary/aromatic N) is 4. The maximum Gasteiger partial charge on any atom is 0.250 e. The molecule has 0 atom stereocenters. The maximum atomic E-state index is 4.53. The summed E-state index contributed by atoms with van der Waals surface area (Å²) in [5.41, 5.74) is 4.54. The number of rotatable bonds is 5. The van der Waals surface area contributed by atoms with Gasteiger partial charge in [-0.2, -0.15) is 5.10 Å². The van der Waals surface area contributed by atoms with Gasteiger partial charge in [0.15, 0.2) is 0 Å². The Morgan fingerprint density at radius 3 is 2.35 bits per heavy atom. The molecule has 0 saturated carbocycles. The summed E-state index contributed by atoms with van der Waals surface area (Å²) in [5, 5.41) is 7.88. The van der Waals surface area contributed by atoms with Gasteiger partial charge >= 0.3 is 0 Å². The van der Waals surface area contributed by atoms with Crippen LogP contribution in [0.15, 0.2) is 12.4 Å². The van der Waals surface area contributed by atoms with E-state index < -0.39 is 0 Å². The largest absolute Gasteiger partial charge is 0.310 e. The van der Waals surface area contributed by atoms with Gasteiger partial charge in [0.25, 0.3) is 5.95 Å². The van der Waals surface area contributed by atoms with Gasteiger partial charge in [-0.3, -0.25) is 0 Å². The van der Waals surface area contributed by atoms with Crippen LogP contribution in [0.1, 0.15) is 43.3 Å². The van der Waals surface area contributed by atoms with Crippen LogP contribution in [0, 0.1) is 13.8 Å². The van der Waals surface area contributed by atoms with E-state index in [1.165, 1.54) is 5.56 Å². The molecule has 0 unspecified atom stereocenters. The van der Waals surface area contributed by atoms with Gasteiger partial charge in [0.2, 0.25) is 0 Å². The fourth-order valence-electron chi connectivity index (χ4n) is 2.25. The van der Waals surface area contributed by atoms with E-state index in [0.717, 1.165) is 29.9 Å². The lowest BCUT2D eigenvalue weighted by molar-refractivity contribution is 0.586. The monoisotopic (exact) mass is 273 g/mol. The number of hydrogen-bond acceptors (Lipinski definition) is 4. The molecule has 2 aromatic heterocycles. The number of nitrogens with one attached hydrogen (secondary N) is 1. The highest BCUT2D eigenvalue weighted by Gasteiger charge is 2.12. The molecule has 5 heteroatoms. The Morgan fingerprint density at radius 1 is 1.20 bits per heavy atom. The molecule has 0 bridgehead atoms. The Kier molecular flexibility index (Phi) is 4.49. The van der Waals surface area contributed by atoms with Crippen molar-refractivity contribution in [2.75, 3.05) is 0 Å². The first-order chi connectivity index (χ1) is 9.52. The Labute approximate surface area is 120 Å². The molecule has 0 aliphatic heterocycles. The van der Waals surface area contributed by atoms with Crippen molar-refractivity contribution in [1.29, 1.82) is 0 Å². The van der Waals surface area contributed by atoms with E-state index in [2.05, 4.69) is 48.1 Å². The molecule has 5 nitrogen and oxygen atoms in total. The summed E-state index contributed by atoms with van der Waals surface area (Å²) in [6.07, 6.45) is 4.70. The summed E-state index contributed by atoms with van der Waals surface area (Å²) in [7, 11) is 0. The molecule has 0 spiro atoms. The lowest BCUT2D eigenvalue weighted by Gasteiger charge is -2.08. The zero-order valence-corrected chi connectivity index (χ0v) is 12.9. The topological polar surface area (TPSA) is 55.6 Å². The minimum absolute atomic E-state index is 0.456. The highest BCUT2D eigenvalue weighted by Crippen LogP contribution is 2.16. The third-order valence-electron chi connectivity index (χ3n) is 3.39. The second kappa shape index (κ2) is 6.13. The maximum absolute atomic E-state index is 4.53. The molecule has 0 fully saturated rings. The third-order valence-corrected chi connectivity index (χ3v) is 3.39. The average Bonchev–Trinajstić information content (AvgIpc) is 2.72. The first kappa shape index (κ1) is 14.7. The van der Waals surface area contributed by atoms with Crippen molar-refractivity contribution >= 4 is 0 Å². The highest BCUT2D eigenvalue weighted by molar-refractivity contribution is 5.29. The van der Waals surface area contributed by atoms with Crippen LogP contribution in [-0.2, 0) is 13.0 Å². The van der Waals surface area contributed by atoms with Gasteiger partial charge in [0.1, 0.15) is 0 Å². The predicted octanol–water partition coefficient (Wildman–Crippen LogP) is 2.34. The van der Waals surface area contributed by atoms with Crippen LogP contribution >= 0.6 is 0 Å². The summed E-state index contributed by atoms with van der Waals surface area (Å²) in [5.74, 6) is 0.638. The molecule has 0 aromatic carbocycles. The molecule has 0 radical (unpaired) electrons. The standard InChI is InChI=1S/C15H23N5/c1-6-14-11(4)19-20(12(14)5)15-17-8-13(9-18-15)7-16-10(2)3/h8-10,16H,6-7H2,1-5H3. The number of aryl methyl sites for hydroxylation is 1. The minimum Gasteiger partial charge on any atom is -0.310 e. The quantitative estimate of drug-likeness (QED) is 0.908. The van der Waals surface area contributed by atoms with Gasteiger partial charge in [-0.05, 0) is 25.8 Å². The first-order valence-electron chi connectivity index (χ1n) is 7.12. The molecule has 0 aliphatic carbocycles. The van der Waals surface area contributed by atoms with E-state index >= 15 is 0 Å². The molecule has 0 saturated heterocycles. The van der Waals surface area contributed by atoms with Gasteiger partial charge in [0, 0.05) is 36.2 Å². The van der Waals surface area contributed by atoms with E-state index in [1.807, 2.05) is 24.0 Å². The first-order valence-corrected chi connectivity index (χ1v) is 7.12. The van der Waals surface area contributed by atoms with Crippen LogP contribution < -0.4 is 5.32 Å². The van der Waals surface area contributed by atoms with Crippen molar-refractivity contribution in [2.24, 2.45) is 0 Å². The van der Waals surface area contributed by atoms with Crippen molar-refractivity contribution in [1.82, 2.24) is 25.1 Å². The SMILES string of the molecule is CCc1c(C)nn(-c2ncc(CNC(C)C)cn2)c1C. The summed E-state index contributed by atoms with van der Waals surface area (Å²) in [4.78, 5) is 8.85. The van der Waals surface area contributed by atoms with E-state index in [-0.39, 0.29) is 0 Å². The van der Waals surface area contributed by atoms with Crippen molar-refractivity contribution in [3.8, 4) is 5.95 Å². The average molecular weight is 273 g/mol. The smallest absolute Gasteiger partial charge is 0.250 e. The molecular weight excluding hydrogens is 250 g/mol. The van der Waals surface area contributed by atoms with Crippen LogP contribution in [0.5, 0.6) is 0 Å². The molecule has 1 N–H and O–H groups in total. The fourth-order valence-corrected chi connectivity index (χ4v) is 2.25. The van der Waals surface area contributed by atoms with E-state index in [1.54, 1.807) is 0 Å². The zero-order chi connectivity index (χ0) is 14.7. The Bertz CT molecular complexity index is 569. The highest BCUT2D eigenvalue weighted by atomic mass is 15.4. The van der Waals surface area contributed by atoms with Crippen LogP contribution in [-0.4, -0.2) is 25.8 Å². The Morgan fingerprint density at radius 2 is 1.85 bits per heavy atom. The molecule has 20 heavy (non-hydrogen) atoms. The third kappa shape index (κ3) is 3.04. The second-order valence-electron chi connectivity index (χ2n) is 5.34. The number of aromatic nitrogens is 4.